The normalized spacial score (nSPS) is 12.1. The van der Waals surface area contributed by atoms with Gasteiger partial charge in [-0.15, -0.1) is 0 Å². The van der Waals surface area contributed by atoms with Crippen molar-refractivity contribution in [3.63, 3.8) is 0 Å². The van der Waals surface area contributed by atoms with Gasteiger partial charge in [-0.1, -0.05) is 11.8 Å². The number of ether oxygens (including phenoxy) is 1. The first-order chi connectivity index (χ1) is 9.81. The summed E-state index contributed by atoms with van der Waals surface area (Å²) < 4.78 is 31.4. The summed E-state index contributed by atoms with van der Waals surface area (Å²) in [4.78, 5) is 10.9. The Balaban J connectivity index is 3.22. The Bertz CT molecular complexity index is 688. The minimum atomic E-state index is -3.91. The quantitative estimate of drug-likeness (QED) is 0.615. The SMILES string of the molecule is COc1ccc(S(=O)(=O)NC(C)C(N)=O)cc1C#CCO. The van der Waals surface area contributed by atoms with Crippen LogP contribution in [0.15, 0.2) is 23.1 Å². The predicted molar refractivity (Wildman–Crippen MR) is 75.9 cm³/mol. The van der Waals surface area contributed by atoms with E-state index in [-0.39, 0.29) is 11.5 Å². The van der Waals surface area contributed by atoms with Gasteiger partial charge in [0.15, 0.2) is 0 Å². The highest BCUT2D eigenvalue weighted by Crippen LogP contribution is 2.21. The molecule has 0 aliphatic carbocycles. The van der Waals surface area contributed by atoms with Crippen molar-refractivity contribution in [1.29, 1.82) is 0 Å². The fourth-order valence-corrected chi connectivity index (χ4v) is 2.68. The largest absolute Gasteiger partial charge is 0.495 e. The average molecular weight is 312 g/mol. The summed E-state index contributed by atoms with van der Waals surface area (Å²) >= 11 is 0. The molecule has 21 heavy (non-hydrogen) atoms. The zero-order valence-electron chi connectivity index (χ0n) is 11.6. The van der Waals surface area contributed by atoms with Gasteiger partial charge in [-0.3, -0.25) is 4.79 Å². The first-order valence-electron chi connectivity index (χ1n) is 5.91. The molecule has 7 nitrogen and oxygen atoms in total. The molecule has 0 saturated heterocycles. The molecule has 0 aromatic heterocycles. The highest BCUT2D eigenvalue weighted by atomic mass is 32.2. The van der Waals surface area contributed by atoms with Crippen molar-refractivity contribution >= 4 is 15.9 Å². The van der Waals surface area contributed by atoms with Crippen LogP contribution < -0.4 is 15.2 Å². The Morgan fingerprint density at radius 3 is 2.71 bits per heavy atom. The maximum Gasteiger partial charge on any atom is 0.241 e. The van der Waals surface area contributed by atoms with Gasteiger partial charge in [-0.2, -0.15) is 4.72 Å². The Hall–Kier alpha value is -2.08. The Labute approximate surface area is 123 Å². The van der Waals surface area contributed by atoms with Crippen molar-refractivity contribution < 1.29 is 23.1 Å². The predicted octanol–water partition coefficient (Wildman–Crippen LogP) is -0.809. The number of amides is 1. The lowest BCUT2D eigenvalue weighted by Gasteiger charge is -2.12. The Kier molecular flexibility index (Phi) is 5.72. The van der Waals surface area contributed by atoms with Crippen LogP contribution in [-0.4, -0.2) is 39.2 Å². The summed E-state index contributed by atoms with van der Waals surface area (Å²) in [5.41, 5.74) is 5.33. The topological polar surface area (TPSA) is 119 Å². The van der Waals surface area contributed by atoms with Gasteiger partial charge in [0.1, 0.15) is 12.4 Å². The molecule has 1 aromatic carbocycles. The lowest BCUT2D eigenvalue weighted by molar-refractivity contribution is -0.119. The second kappa shape index (κ2) is 7.08. The molecule has 0 saturated carbocycles. The van der Waals surface area contributed by atoms with Gasteiger partial charge in [0, 0.05) is 0 Å². The molecular formula is C13H16N2O5S. The van der Waals surface area contributed by atoms with E-state index in [9.17, 15) is 13.2 Å². The van der Waals surface area contributed by atoms with Crippen molar-refractivity contribution in [3.8, 4) is 17.6 Å². The van der Waals surface area contributed by atoms with Gasteiger partial charge >= 0.3 is 0 Å². The number of hydrogen-bond acceptors (Lipinski definition) is 5. The molecule has 0 fully saturated rings. The van der Waals surface area contributed by atoms with E-state index >= 15 is 0 Å². The maximum atomic E-state index is 12.1. The molecule has 0 spiro atoms. The molecule has 0 heterocycles. The fourth-order valence-electron chi connectivity index (χ4n) is 1.45. The second-order valence-electron chi connectivity index (χ2n) is 4.07. The third kappa shape index (κ3) is 4.46. The van der Waals surface area contributed by atoms with Crippen molar-refractivity contribution in [1.82, 2.24) is 4.72 Å². The van der Waals surface area contributed by atoms with Crippen LogP contribution in [-0.2, 0) is 14.8 Å². The van der Waals surface area contributed by atoms with Gasteiger partial charge in [-0.25, -0.2) is 8.42 Å². The summed E-state index contributed by atoms with van der Waals surface area (Å²) in [6.07, 6.45) is 0. The summed E-state index contributed by atoms with van der Waals surface area (Å²) in [7, 11) is -2.50. The van der Waals surface area contributed by atoms with Crippen LogP contribution in [0, 0.1) is 11.8 Å². The monoisotopic (exact) mass is 312 g/mol. The minimum absolute atomic E-state index is 0.0846. The number of aliphatic hydroxyl groups is 1. The fraction of sp³-hybridized carbons (Fsp3) is 0.308. The van der Waals surface area contributed by atoms with Crippen LogP contribution >= 0.6 is 0 Å². The van der Waals surface area contributed by atoms with Crippen molar-refractivity contribution in [3.05, 3.63) is 23.8 Å². The third-order valence-electron chi connectivity index (χ3n) is 2.54. The van der Waals surface area contributed by atoms with Crippen LogP contribution in [0.5, 0.6) is 5.75 Å². The van der Waals surface area contributed by atoms with E-state index in [1.807, 2.05) is 0 Å². The Morgan fingerprint density at radius 2 is 2.19 bits per heavy atom. The Morgan fingerprint density at radius 1 is 1.52 bits per heavy atom. The van der Waals surface area contributed by atoms with Crippen LogP contribution in [0.4, 0.5) is 0 Å². The molecule has 0 aliphatic heterocycles. The minimum Gasteiger partial charge on any atom is -0.495 e. The molecule has 1 rings (SSSR count). The van der Waals surface area contributed by atoms with Gasteiger partial charge in [0.05, 0.1) is 23.6 Å². The standard InChI is InChI=1S/C13H16N2O5S/c1-9(13(14)17)15-21(18,19)11-5-6-12(20-2)10(8-11)4-3-7-16/h5-6,8-9,15-16H,7H2,1-2H3,(H2,14,17). The maximum absolute atomic E-state index is 12.1. The van der Waals surface area contributed by atoms with E-state index in [0.29, 0.717) is 11.3 Å². The van der Waals surface area contributed by atoms with E-state index in [4.69, 9.17) is 15.6 Å². The smallest absolute Gasteiger partial charge is 0.241 e. The zero-order valence-corrected chi connectivity index (χ0v) is 12.4. The van der Waals surface area contributed by atoms with Crippen molar-refractivity contribution in [2.24, 2.45) is 5.73 Å². The van der Waals surface area contributed by atoms with Crippen LogP contribution in [0.1, 0.15) is 12.5 Å². The van der Waals surface area contributed by atoms with Crippen LogP contribution in [0.3, 0.4) is 0 Å². The number of aliphatic hydroxyl groups excluding tert-OH is 1. The average Bonchev–Trinajstić information content (AvgIpc) is 2.44. The van der Waals surface area contributed by atoms with Crippen molar-refractivity contribution in [2.45, 2.75) is 17.9 Å². The molecule has 1 amide bonds. The number of carbonyl (C=O) groups is 1. The molecule has 0 aliphatic rings. The molecule has 1 aromatic rings. The molecule has 0 bridgehead atoms. The number of carbonyl (C=O) groups excluding carboxylic acids is 1. The molecule has 1 unspecified atom stereocenters. The molecule has 8 heteroatoms. The summed E-state index contributed by atoms with van der Waals surface area (Å²) in [5.74, 6) is 4.59. The summed E-state index contributed by atoms with van der Waals surface area (Å²) in [5, 5.41) is 8.70. The molecule has 1 atom stereocenters. The lowest BCUT2D eigenvalue weighted by atomic mass is 10.2. The molecule has 4 N–H and O–H groups in total. The molecule has 114 valence electrons. The molecular weight excluding hydrogens is 296 g/mol. The van der Waals surface area contributed by atoms with E-state index in [1.54, 1.807) is 0 Å². The van der Waals surface area contributed by atoms with Crippen molar-refractivity contribution in [2.75, 3.05) is 13.7 Å². The van der Waals surface area contributed by atoms with E-state index in [2.05, 4.69) is 16.6 Å². The summed E-state index contributed by atoms with van der Waals surface area (Å²) in [6, 6.07) is 3.01. The van der Waals surface area contributed by atoms with E-state index in [0.717, 1.165) is 0 Å². The van der Waals surface area contributed by atoms with Gasteiger partial charge in [0.25, 0.3) is 0 Å². The van der Waals surface area contributed by atoms with Gasteiger partial charge in [-0.05, 0) is 25.1 Å². The van der Waals surface area contributed by atoms with Crippen LogP contribution in [0.25, 0.3) is 0 Å². The number of sulfonamides is 1. The summed E-state index contributed by atoms with van der Waals surface area (Å²) in [6.45, 7) is 0.979. The van der Waals surface area contributed by atoms with E-state index < -0.39 is 22.0 Å². The highest BCUT2D eigenvalue weighted by Gasteiger charge is 2.21. The number of primary amides is 1. The number of benzene rings is 1. The first-order valence-corrected chi connectivity index (χ1v) is 7.39. The number of rotatable bonds is 5. The zero-order chi connectivity index (χ0) is 16.0. The van der Waals surface area contributed by atoms with Crippen LogP contribution in [0.2, 0.25) is 0 Å². The van der Waals surface area contributed by atoms with Gasteiger partial charge in [0.2, 0.25) is 15.9 Å². The number of nitrogens with one attached hydrogen (secondary N) is 1. The lowest BCUT2D eigenvalue weighted by Crippen LogP contribution is -2.42. The van der Waals surface area contributed by atoms with Gasteiger partial charge < -0.3 is 15.6 Å². The number of nitrogens with two attached hydrogens (primary N) is 1. The first kappa shape index (κ1) is 17.0. The third-order valence-corrected chi connectivity index (χ3v) is 4.08. The number of hydrogen-bond donors (Lipinski definition) is 3. The number of methoxy groups -OCH3 is 1. The second-order valence-corrected chi connectivity index (χ2v) is 5.78. The highest BCUT2D eigenvalue weighted by molar-refractivity contribution is 7.89. The van der Waals surface area contributed by atoms with E-state index in [1.165, 1.54) is 32.2 Å². The molecule has 0 radical (unpaired) electrons.